The molecule has 0 saturated heterocycles. The number of halogens is 1. The maximum Gasteiger partial charge on any atom is 0.356 e. The number of hydrogen-bond acceptors (Lipinski definition) is 6. The van der Waals surface area contributed by atoms with Crippen molar-refractivity contribution in [3.05, 3.63) is 59.5 Å². The highest BCUT2D eigenvalue weighted by Crippen LogP contribution is 2.36. The van der Waals surface area contributed by atoms with Crippen LogP contribution in [0, 0.1) is 18.7 Å². The van der Waals surface area contributed by atoms with Crippen LogP contribution >= 0.6 is 0 Å². The smallest absolute Gasteiger partial charge is 0.356 e. The molecule has 4 rings (SSSR count). The van der Waals surface area contributed by atoms with E-state index in [1.165, 1.54) is 49.4 Å². The zero-order chi connectivity index (χ0) is 26.2. The zero-order valence-corrected chi connectivity index (χ0v) is 20.6. The number of anilines is 1. The lowest BCUT2D eigenvalue weighted by Gasteiger charge is -2.17. The monoisotopic (exact) mass is 516 g/mol. The van der Waals surface area contributed by atoms with Gasteiger partial charge in [0.15, 0.2) is 5.69 Å². The minimum absolute atomic E-state index is 0.0604. The first-order chi connectivity index (χ1) is 17.0. The number of nitrogens with one attached hydrogen (secondary N) is 2. The predicted octanol–water partition coefficient (Wildman–Crippen LogP) is 3.85. The molecule has 3 aromatic rings. The molecule has 10 nitrogen and oxygen atoms in total. The minimum atomic E-state index is -4.10. The quantitative estimate of drug-likeness (QED) is 0.393. The van der Waals surface area contributed by atoms with Crippen molar-refractivity contribution in [2.24, 2.45) is 5.92 Å². The summed E-state index contributed by atoms with van der Waals surface area (Å²) in [4.78, 5) is 23.7. The van der Waals surface area contributed by atoms with Gasteiger partial charge in [-0.1, -0.05) is 0 Å². The summed E-state index contributed by atoms with van der Waals surface area (Å²) in [5.74, 6) is -2.27. The molecule has 0 bridgehead atoms. The molecule has 0 spiro atoms. The van der Waals surface area contributed by atoms with Gasteiger partial charge in [0.1, 0.15) is 16.5 Å². The molecule has 190 valence electrons. The fourth-order valence-corrected chi connectivity index (χ4v) is 4.91. The van der Waals surface area contributed by atoms with Crippen molar-refractivity contribution in [1.82, 2.24) is 14.5 Å². The fourth-order valence-electron chi connectivity index (χ4n) is 3.51. The molecule has 1 amide bonds. The predicted molar refractivity (Wildman–Crippen MR) is 129 cm³/mol. The second-order valence-corrected chi connectivity index (χ2v) is 10.5. The van der Waals surface area contributed by atoms with Gasteiger partial charge in [0.25, 0.3) is 0 Å². The Labute approximate surface area is 207 Å². The van der Waals surface area contributed by atoms with Crippen LogP contribution in [0.4, 0.5) is 10.1 Å². The number of benzene rings is 2. The van der Waals surface area contributed by atoms with Crippen LogP contribution < -0.4 is 14.8 Å². The van der Waals surface area contributed by atoms with E-state index in [0.717, 1.165) is 17.5 Å². The molecule has 1 saturated carbocycles. The number of hydrogen-bond donors (Lipinski definition) is 3. The van der Waals surface area contributed by atoms with E-state index in [-0.39, 0.29) is 45.3 Å². The highest BCUT2D eigenvalue weighted by Gasteiger charge is 2.31. The summed E-state index contributed by atoms with van der Waals surface area (Å²) in [5.41, 5.74) is 0.406. The number of aromatic carboxylic acids is 1. The maximum absolute atomic E-state index is 13.5. The number of amides is 1. The molecule has 1 fully saturated rings. The van der Waals surface area contributed by atoms with Crippen molar-refractivity contribution in [3.63, 3.8) is 0 Å². The van der Waals surface area contributed by atoms with Crippen molar-refractivity contribution in [3.8, 4) is 17.3 Å². The van der Waals surface area contributed by atoms with Crippen molar-refractivity contribution < 1.29 is 32.2 Å². The molecule has 36 heavy (non-hydrogen) atoms. The molecule has 1 aromatic heterocycles. The SMILES string of the molecule is Cc1c(C(=O)O)nn(-c2ccc(F)cc2)c1Oc1ccc(NC(=O)C2CC2)cc1S(=O)(=O)NC(C)C. The molecular formula is C24H25FN4O6S. The summed E-state index contributed by atoms with van der Waals surface area (Å²) in [6.07, 6.45) is 1.57. The Balaban J connectivity index is 1.81. The summed E-state index contributed by atoms with van der Waals surface area (Å²) in [5, 5.41) is 16.4. The number of aromatic nitrogens is 2. The first-order valence-electron chi connectivity index (χ1n) is 11.2. The molecular weight excluding hydrogens is 491 g/mol. The molecule has 1 aliphatic carbocycles. The number of rotatable bonds is 9. The second-order valence-electron chi connectivity index (χ2n) is 8.78. The number of carboxylic acid groups (broad SMARTS) is 1. The van der Waals surface area contributed by atoms with Gasteiger partial charge < -0.3 is 15.2 Å². The number of carboxylic acids is 1. The third-order valence-electron chi connectivity index (χ3n) is 5.39. The van der Waals surface area contributed by atoms with E-state index in [0.29, 0.717) is 5.69 Å². The summed E-state index contributed by atoms with van der Waals surface area (Å²) in [7, 11) is -4.10. The van der Waals surface area contributed by atoms with Crippen molar-refractivity contribution in [2.45, 2.75) is 44.6 Å². The van der Waals surface area contributed by atoms with Crippen LogP contribution in [0.25, 0.3) is 5.69 Å². The van der Waals surface area contributed by atoms with Crippen LogP contribution in [0.3, 0.4) is 0 Å². The number of sulfonamides is 1. The van der Waals surface area contributed by atoms with Gasteiger partial charge in [0.2, 0.25) is 21.8 Å². The molecule has 12 heteroatoms. The van der Waals surface area contributed by atoms with Gasteiger partial charge in [-0.3, -0.25) is 4.79 Å². The molecule has 0 unspecified atom stereocenters. The molecule has 0 aliphatic heterocycles. The standard InChI is InChI=1S/C24H25FN4O6S/c1-13(2)28-36(33,34)20-12-17(26-22(30)15-4-5-15)8-11-19(20)35-23-14(3)21(24(31)32)27-29(23)18-9-6-16(25)7-10-18/h6-13,15,28H,4-5H2,1-3H3,(H,26,30)(H,31,32). The van der Waals surface area contributed by atoms with Gasteiger partial charge in [-0.2, -0.15) is 9.78 Å². The largest absolute Gasteiger partial charge is 0.476 e. The highest BCUT2D eigenvalue weighted by atomic mass is 32.2. The molecule has 0 atom stereocenters. The first-order valence-corrected chi connectivity index (χ1v) is 12.7. The Morgan fingerprint density at radius 2 is 1.83 bits per heavy atom. The minimum Gasteiger partial charge on any atom is -0.476 e. The average Bonchev–Trinajstić information content (AvgIpc) is 3.59. The van der Waals surface area contributed by atoms with Crippen molar-refractivity contribution in [1.29, 1.82) is 0 Å². The van der Waals surface area contributed by atoms with E-state index in [1.54, 1.807) is 13.8 Å². The topological polar surface area (TPSA) is 140 Å². The number of carbonyl (C=O) groups excluding carboxylic acids is 1. The normalized spacial score (nSPS) is 13.6. The Hall–Kier alpha value is -3.77. The molecule has 0 radical (unpaired) electrons. The first kappa shape index (κ1) is 25.3. The lowest BCUT2D eigenvalue weighted by Crippen LogP contribution is -2.30. The van der Waals surface area contributed by atoms with Crippen molar-refractivity contribution in [2.75, 3.05) is 5.32 Å². The highest BCUT2D eigenvalue weighted by molar-refractivity contribution is 7.89. The van der Waals surface area contributed by atoms with Gasteiger partial charge in [-0.25, -0.2) is 22.3 Å². The maximum atomic E-state index is 13.5. The van der Waals surface area contributed by atoms with E-state index < -0.39 is 27.9 Å². The van der Waals surface area contributed by atoms with Crippen LogP contribution in [-0.4, -0.2) is 41.2 Å². The molecule has 2 aromatic carbocycles. The van der Waals surface area contributed by atoms with Crippen LogP contribution in [0.1, 0.15) is 42.7 Å². The van der Waals surface area contributed by atoms with Crippen LogP contribution in [0.15, 0.2) is 47.4 Å². The summed E-state index contributed by atoms with van der Waals surface area (Å²) >= 11 is 0. The van der Waals surface area contributed by atoms with E-state index in [9.17, 15) is 27.5 Å². The molecule has 1 aliphatic rings. The van der Waals surface area contributed by atoms with Gasteiger partial charge in [0, 0.05) is 23.2 Å². The summed E-state index contributed by atoms with van der Waals surface area (Å²) in [6, 6.07) is 8.84. The van der Waals surface area contributed by atoms with Crippen LogP contribution in [0.5, 0.6) is 11.6 Å². The third kappa shape index (κ3) is 5.39. The lowest BCUT2D eigenvalue weighted by atomic mass is 10.2. The van der Waals surface area contributed by atoms with E-state index >= 15 is 0 Å². The summed E-state index contributed by atoms with van der Waals surface area (Å²) in [6.45, 7) is 4.78. The number of carbonyl (C=O) groups is 2. The Kier molecular flexibility index (Phi) is 6.83. The zero-order valence-electron chi connectivity index (χ0n) is 19.8. The molecule has 3 N–H and O–H groups in total. The van der Waals surface area contributed by atoms with Crippen LogP contribution in [0.2, 0.25) is 0 Å². The average molecular weight is 517 g/mol. The number of nitrogens with zero attached hydrogens (tertiary/aromatic N) is 2. The van der Waals surface area contributed by atoms with Gasteiger partial charge in [-0.05, 0) is 76.1 Å². The lowest BCUT2D eigenvalue weighted by molar-refractivity contribution is -0.117. The third-order valence-corrected chi connectivity index (χ3v) is 7.07. The Bertz CT molecular complexity index is 1430. The van der Waals surface area contributed by atoms with Crippen LogP contribution in [-0.2, 0) is 14.8 Å². The van der Waals surface area contributed by atoms with E-state index in [2.05, 4.69) is 15.1 Å². The Morgan fingerprint density at radius 1 is 1.17 bits per heavy atom. The van der Waals surface area contributed by atoms with E-state index in [1.807, 2.05) is 0 Å². The summed E-state index contributed by atoms with van der Waals surface area (Å²) < 4.78 is 49.4. The Morgan fingerprint density at radius 3 is 2.42 bits per heavy atom. The number of ether oxygens (including phenoxy) is 1. The van der Waals surface area contributed by atoms with Crippen molar-refractivity contribution >= 4 is 27.6 Å². The molecule has 1 heterocycles. The van der Waals surface area contributed by atoms with Gasteiger partial charge in [0.05, 0.1) is 5.69 Å². The second kappa shape index (κ2) is 9.70. The fraction of sp³-hybridized carbons (Fsp3) is 0.292. The van der Waals surface area contributed by atoms with E-state index in [4.69, 9.17) is 4.74 Å². The van der Waals surface area contributed by atoms with Gasteiger partial charge >= 0.3 is 5.97 Å². The van der Waals surface area contributed by atoms with Gasteiger partial charge in [-0.15, -0.1) is 0 Å².